The van der Waals surface area contributed by atoms with E-state index in [4.69, 9.17) is 10.5 Å². The van der Waals surface area contributed by atoms with E-state index in [0.717, 1.165) is 5.10 Å². The minimum Gasteiger partial charge on any atom is -0.193 e. The van der Waals surface area contributed by atoms with Crippen LogP contribution in [0.1, 0.15) is 6.92 Å². The Labute approximate surface area is 287 Å². The molecule has 0 aromatic heterocycles. The van der Waals surface area contributed by atoms with Crippen LogP contribution in [0.5, 0.6) is 0 Å². The molecular weight excluding hydrogens is 918 g/mol. The predicted octanol–water partition coefficient (Wildman–Crippen LogP) is 11.0. The third-order valence-corrected chi connectivity index (χ3v) is 6.60. The van der Waals surface area contributed by atoms with E-state index < -0.39 is 120 Å². The van der Waals surface area contributed by atoms with Crippen LogP contribution in [0.3, 0.4) is 0 Å². The van der Waals surface area contributed by atoms with Crippen LogP contribution in [0.15, 0.2) is 15.4 Å². The summed E-state index contributed by atoms with van der Waals surface area (Å²) < 4.78 is 434. The summed E-state index contributed by atoms with van der Waals surface area (Å²) in [4.78, 5) is 0. The second-order valence-corrected chi connectivity index (χ2v) is 10.3. The second kappa shape index (κ2) is 13.5. The van der Waals surface area contributed by atoms with Crippen LogP contribution in [0.25, 0.3) is 0 Å². The first-order valence-corrected chi connectivity index (χ1v) is 12.1. The lowest BCUT2D eigenvalue weighted by Crippen LogP contribution is -2.75. The van der Waals surface area contributed by atoms with Gasteiger partial charge in [0.1, 0.15) is 17.9 Å². The van der Waals surface area contributed by atoms with Crippen molar-refractivity contribution in [3.8, 4) is 12.1 Å². The lowest BCUT2D eigenvalue weighted by Gasteiger charge is -2.42. The topological polar surface area (TPSA) is 84.7 Å². The van der Waals surface area contributed by atoms with Gasteiger partial charge in [-0.1, -0.05) is 5.11 Å². The SMILES string of the molecule is CC(=NN=NC(F)(F)C(F)(F)C(F)(F)C(F)(F)C(F)(F)C(F)(F)C(F)(F)C(F)(F)C#N)C(F)(F)C(F)(F)C(F)(F)C(F)(F)C(F)(F)C(F)(F)C(F)(F)C(F)(F)C#N. The number of rotatable bonds is 17. The van der Waals surface area contributed by atoms with Crippen molar-refractivity contribution in [2.45, 2.75) is 102 Å². The van der Waals surface area contributed by atoms with Crippen LogP contribution < -0.4 is 0 Å². The Hall–Kier alpha value is -3.99. The highest BCUT2D eigenvalue weighted by Crippen LogP contribution is 2.66. The molecule has 0 N–H and O–H groups in total. The summed E-state index contributed by atoms with van der Waals surface area (Å²) in [6, 6.07) is -10.5. The zero-order valence-corrected chi connectivity index (χ0v) is 24.8. The lowest BCUT2D eigenvalue weighted by atomic mass is 9.87. The maximum absolute atomic E-state index is 14.0. The quantitative estimate of drug-likeness (QED) is 0.0479. The van der Waals surface area contributed by atoms with Gasteiger partial charge in [0, 0.05) is 0 Å². The first-order chi connectivity index (χ1) is 24.2. The van der Waals surface area contributed by atoms with Crippen molar-refractivity contribution in [1.82, 2.24) is 0 Å². The fourth-order valence-electron chi connectivity index (χ4n) is 3.00. The maximum atomic E-state index is 14.0. The van der Waals surface area contributed by atoms with Gasteiger partial charge in [-0.15, -0.1) is 5.10 Å². The van der Waals surface area contributed by atoms with E-state index in [1.54, 1.807) is 0 Å². The molecule has 37 heteroatoms. The van der Waals surface area contributed by atoms with E-state index in [9.17, 15) is 140 Å². The number of nitrogens with zero attached hydrogens (tertiary/aromatic N) is 5. The van der Waals surface area contributed by atoms with Gasteiger partial charge in [-0.05, 0) is 12.1 Å². The summed E-state index contributed by atoms with van der Waals surface area (Å²) in [5, 5.41) is 17.1. The van der Waals surface area contributed by atoms with Gasteiger partial charge in [0.2, 0.25) is 0 Å². The molecule has 0 amide bonds. The molecule has 0 spiro atoms. The Balaban J connectivity index is 7.25. The largest absolute Gasteiger partial charge is 0.429 e. The summed E-state index contributed by atoms with van der Waals surface area (Å²) in [7, 11) is 0. The predicted molar refractivity (Wildman–Crippen MR) is 108 cm³/mol. The van der Waals surface area contributed by atoms with Crippen molar-refractivity contribution in [3.05, 3.63) is 0 Å². The van der Waals surface area contributed by atoms with Crippen molar-refractivity contribution in [3.63, 3.8) is 0 Å². The number of hydrogen-bond donors (Lipinski definition) is 0. The summed E-state index contributed by atoms with van der Waals surface area (Å²) >= 11 is 0. The van der Waals surface area contributed by atoms with E-state index in [2.05, 4.69) is 0 Å². The molecular formula is C20H3F32N5. The van der Waals surface area contributed by atoms with Crippen molar-refractivity contribution in [1.29, 1.82) is 10.5 Å². The average molecular weight is 921 g/mol. The average Bonchev–Trinajstić information content (AvgIpc) is 3.02. The highest BCUT2D eigenvalue weighted by Gasteiger charge is 2.97. The van der Waals surface area contributed by atoms with Gasteiger partial charge in [0.25, 0.3) is 0 Å². The highest BCUT2D eigenvalue weighted by atomic mass is 19.4. The molecule has 0 rings (SSSR count). The zero-order chi connectivity index (χ0) is 47.1. The second-order valence-electron chi connectivity index (χ2n) is 10.3. The van der Waals surface area contributed by atoms with Crippen molar-refractivity contribution >= 4 is 5.71 Å². The van der Waals surface area contributed by atoms with E-state index in [1.165, 1.54) is 0 Å². The molecule has 0 aromatic carbocycles. The lowest BCUT2D eigenvalue weighted by molar-refractivity contribution is -0.450. The van der Waals surface area contributed by atoms with Gasteiger partial charge < -0.3 is 0 Å². The molecule has 0 aliphatic carbocycles. The molecule has 0 saturated carbocycles. The minimum absolute atomic E-state index is 0.213. The van der Waals surface area contributed by atoms with Gasteiger partial charge in [-0.3, -0.25) is 0 Å². The van der Waals surface area contributed by atoms with Gasteiger partial charge in [0.05, 0.1) is 0 Å². The molecule has 5 nitrogen and oxygen atoms in total. The Kier molecular flexibility index (Phi) is 12.6. The molecule has 0 aliphatic rings. The van der Waals surface area contributed by atoms with Crippen molar-refractivity contribution in [2.24, 2.45) is 15.4 Å². The van der Waals surface area contributed by atoms with Gasteiger partial charge in [0.15, 0.2) is 0 Å². The van der Waals surface area contributed by atoms with Crippen LogP contribution in [0.2, 0.25) is 0 Å². The molecule has 0 atom stereocenters. The van der Waals surface area contributed by atoms with Crippen LogP contribution in [-0.4, -0.2) is 101 Å². The first-order valence-electron chi connectivity index (χ1n) is 12.1. The summed E-state index contributed by atoms with van der Waals surface area (Å²) in [5.74, 6) is -129. The molecule has 0 aromatic rings. The molecule has 0 aliphatic heterocycles. The Morgan fingerprint density at radius 3 is 0.789 bits per heavy atom. The van der Waals surface area contributed by atoms with Crippen LogP contribution in [-0.2, 0) is 0 Å². The standard InChI is InChI=1S/C20H3F32N5/c1-4(7(25,26)10(31,32)13(37,38)16(43,44)14(39,40)11(33,34)8(27,28)5(21,22)2-53)55-57-56-20(51,52)19(49,50)18(47,48)17(45,46)15(41,42)12(35,36)9(29,30)6(23,24)3-54/h1H3. The van der Waals surface area contributed by atoms with Gasteiger partial charge >= 0.3 is 94.9 Å². The normalized spacial score (nSPS) is 16.9. The molecule has 0 unspecified atom stereocenters. The number of halogens is 32. The van der Waals surface area contributed by atoms with Crippen LogP contribution in [0, 0.1) is 22.7 Å². The molecule has 0 saturated heterocycles. The van der Waals surface area contributed by atoms with E-state index in [0.29, 0.717) is 5.22 Å². The Bertz CT molecular complexity index is 1660. The number of nitriles is 2. The molecule has 0 fully saturated rings. The third-order valence-electron chi connectivity index (χ3n) is 6.60. The van der Waals surface area contributed by atoms with E-state index in [1.807, 2.05) is 0 Å². The van der Waals surface area contributed by atoms with E-state index in [-0.39, 0.29) is 5.11 Å². The molecule has 332 valence electrons. The maximum Gasteiger partial charge on any atom is 0.429 e. The highest BCUT2D eigenvalue weighted by molar-refractivity contribution is 5.90. The summed E-state index contributed by atoms with van der Waals surface area (Å²) in [6.45, 7) is -1.26. The van der Waals surface area contributed by atoms with Gasteiger partial charge in [-0.25, -0.2) is 0 Å². The number of hydrogen-bond acceptors (Lipinski definition) is 4. The summed E-state index contributed by atoms with van der Waals surface area (Å²) in [5.41, 5.74) is -3.92. The molecule has 0 heterocycles. The Morgan fingerprint density at radius 2 is 0.544 bits per heavy atom. The van der Waals surface area contributed by atoms with Crippen molar-refractivity contribution < 1.29 is 140 Å². The molecule has 0 radical (unpaired) electrons. The Morgan fingerprint density at radius 1 is 0.333 bits per heavy atom. The molecule has 57 heavy (non-hydrogen) atoms. The van der Waals surface area contributed by atoms with Crippen LogP contribution >= 0.6 is 0 Å². The fraction of sp³-hybridized carbons (Fsp3) is 0.850. The smallest absolute Gasteiger partial charge is 0.193 e. The van der Waals surface area contributed by atoms with Crippen molar-refractivity contribution in [2.75, 3.05) is 0 Å². The fourth-order valence-corrected chi connectivity index (χ4v) is 3.00. The van der Waals surface area contributed by atoms with Gasteiger partial charge in [-0.2, -0.15) is 151 Å². The van der Waals surface area contributed by atoms with Crippen LogP contribution in [0.4, 0.5) is 140 Å². The first kappa shape index (κ1) is 53.0. The van der Waals surface area contributed by atoms with E-state index >= 15 is 0 Å². The number of alkyl halides is 32. The summed E-state index contributed by atoms with van der Waals surface area (Å²) in [6.07, 6.45) is 0. The molecule has 0 bridgehead atoms. The zero-order valence-electron chi connectivity index (χ0n) is 24.8. The minimum atomic E-state index is -9.24. The third kappa shape index (κ3) is 6.54. The monoisotopic (exact) mass is 921 g/mol.